The lowest BCUT2D eigenvalue weighted by molar-refractivity contribution is 0.104. The summed E-state index contributed by atoms with van der Waals surface area (Å²) >= 11 is 8.88. The number of carbonyl (C=O) groups excluding carboxylic acids is 1. The van der Waals surface area contributed by atoms with Crippen molar-refractivity contribution >= 4 is 52.4 Å². The van der Waals surface area contributed by atoms with E-state index in [-0.39, 0.29) is 11.4 Å². The van der Waals surface area contributed by atoms with E-state index in [2.05, 4.69) is 22.5 Å². The SMILES string of the molecule is CSc1sc(C(=O)/C(C#N)=C\Nc2ccc(Cl)cn2)c2c1C=CCC2. The number of Topliss-reactive ketones (excluding diaryl/α,β-unsaturated/α-hetero) is 1. The summed E-state index contributed by atoms with van der Waals surface area (Å²) in [6.07, 6.45) is 10.8. The molecule has 0 spiro atoms. The van der Waals surface area contributed by atoms with Crippen molar-refractivity contribution in [2.45, 2.75) is 17.1 Å². The molecule has 0 radical (unpaired) electrons. The number of allylic oxidation sites excluding steroid dienone is 2. The van der Waals surface area contributed by atoms with E-state index in [9.17, 15) is 10.1 Å². The van der Waals surface area contributed by atoms with Gasteiger partial charge >= 0.3 is 0 Å². The van der Waals surface area contributed by atoms with Crippen LogP contribution in [0.5, 0.6) is 0 Å². The van der Waals surface area contributed by atoms with E-state index in [0.717, 1.165) is 28.2 Å². The molecule has 2 aromatic rings. The lowest BCUT2D eigenvalue weighted by Gasteiger charge is -2.08. The summed E-state index contributed by atoms with van der Waals surface area (Å²) < 4.78 is 1.11. The van der Waals surface area contributed by atoms with Crippen LogP contribution in [0, 0.1) is 11.3 Å². The Morgan fingerprint density at radius 2 is 2.36 bits per heavy atom. The second-order valence-electron chi connectivity index (χ2n) is 5.26. The predicted octanol–water partition coefficient (Wildman–Crippen LogP) is 5.18. The lowest BCUT2D eigenvalue weighted by Crippen LogP contribution is -2.06. The van der Waals surface area contributed by atoms with Crippen LogP contribution < -0.4 is 5.32 Å². The molecule has 1 aliphatic carbocycles. The molecule has 126 valence electrons. The van der Waals surface area contributed by atoms with E-state index >= 15 is 0 Å². The van der Waals surface area contributed by atoms with Gasteiger partial charge in [0, 0.05) is 18.0 Å². The van der Waals surface area contributed by atoms with E-state index < -0.39 is 0 Å². The Kier molecular flexibility index (Phi) is 5.59. The monoisotopic (exact) mass is 387 g/mol. The molecule has 0 saturated carbocycles. The van der Waals surface area contributed by atoms with Crippen molar-refractivity contribution in [3.05, 3.63) is 57.2 Å². The number of fused-ring (bicyclic) bond motifs is 1. The fraction of sp³-hybridized carbons (Fsp3) is 0.167. The minimum atomic E-state index is -0.249. The molecule has 1 N–H and O–H groups in total. The van der Waals surface area contributed by atoms with Crippen LogP contribution in [0.4, 0.5) is 5.82 Å². The quantitative estimate of drug-likeness (QED) is 0.331. The Morgan fingerprint density at radius 1 is 1.52 bits per heavy atom. The van der Waals surface area contributed by atoms with Gasteiger partial charge in [-0.25, -0.2) is 4.98 Å². The van der Waals surface area contributed by atoms with Crippen molar-refractivity contribution in [2.75, 3.05) is 11.6 Å². The van der Waals surface area contributed by atoms with Gasteiger partial charge in [-0.2, -0.15) is 5.26 Å². The molecule has 7 heteroatoms. The van der Waals surface area contributed by atoms with Crippen molar-refractivity contribution in [3.63, 3.8) is 0 Å². The zero-order valence-electron chi connectivity index (χ0n) is 13.4. The molecule has 1 aliphatic rings. The summed E-state index contributed by atoms with van der Waals surface area (Å²) in [6.45, 7) is 0. The number of carbonyl (C=O) groups is 1. The molecule has 2 aromatic heterocycles. The molecule has 0 saturated heterocycles. The minimum Gasteiger partial charge on any atom is -0.345 e. The van der Waals surface area contributed by atoms with Crippen molar-refractivity contribution in [2.24, 2.45) is 0 Å². The molecule has 0 aliphatic heterocycles. The van der Waals surface area contributed by atoms with Gasteiger partial charge in [-0.15, -0.1) is 23.1 Å². The maximum Gasteiger partial charge on any atom is 0.215 e. The summed E-state index contributed by atoms with van der Waals surface area (Å²) in [7, 11) is 0. The fourth-order valence-electron chi connectivity index (χ4n) is 2.51. The number of aromatic nitrogens is 1. The number of rotatable bonds is 5. The van der Waals surface area contributed by atoms with Crippen LogP contribution in [0.3, 0.4) is 0 Å². The van der Waals surface area contributed by atoms with Crippen LogP contribution in [0.2, 0.25) is 5.02 Å². The van der Waals surface area contributed by atoms with Crippen molar-refractivity contribution in [1.29, 1.82) is 5.26 Å². The molecule has 0 amide bonds. The first-order chi connectivity index (χ1) is 12.1. The van der Waals surface area contributed by atoms with E-state index in [1.54, 1.807) is 23.9 Å². The molecule has 0 fully saturated rings. The minimum absolute atomic E-state index is 0.0583. The molecular weight excluding hydrogens is 374 g/mol. The molecule has 2 heterocycles. The zero-order chi connectivity index (χ0) is 17.8. The number of ketones is 1. The number of thioether (sulfide) groups is 1. The third kappa shape index (κ3) is 3.79. The first kappa shape index (κ1) is 17.7. The topological polar surface area (TPSA) is 65.8 Å². The van der Waals surface area contributed by atoms with Crippen molar-refractivity contribution in [1.82, 2.24) is 4.98 Å². The molecule has 4 nitrogen and oxygen atoms in total. The van der Waals surface area contributed by atoms with Gasteiger partial charge < -0.3 is 5.32 Å². The van der Waals surface area contributed by atoms with E-state index in [1.807, 2.05) is 12.3 Å². The van der Waals surface area contributed by atoms with E-state index in [0.29, 0.717) is 15.7 Å². The number of halogens is 1. The summed E-state index contributed by atoms with van der Waals surface area (Å²) in [5.74, 6) is 0.270. The number of pyridine rings is 1. The first-order valence-electron chi connectivity index (χ1n) is 7.53. The number of anilines is 1. The highest BCUT2D eigenvalue weighted by molar-refractivity contribution is 8.00. The van der Waals surface area contributed by atoms with Crippen LogP contribution in [0.25, 0.3) is 6.08 Å². The Morgan fingerprint density at radius 3 is 3.04 bits per heavy atom. The molecule has 0 aromatic carbocycles. The fourth-order valence-corrected chi connectivity index (χ4v) is 4.64. The van der Waals surface area contributed by atoms with E-state index in [4.69, 9.17) is 11.6 Å². The van der Waals surface area contributed by atoms with Gasteiger partial charge in [0.1, 0.15) is 17.5 Å². The molecule has 0 atom stereocenters. The summed E-state index contributed by atoms with van der Waals surface area (Å²) in [4.78, 5) is 17.6. The van der Waals surface area contributed by atoms with Crippen molar-refractivity contribution in [3.8, 4) is 6.07 Å². The zero-order valence-corrected chi connectivity index (χ0v) is 15.8. The second-order valence-corrected chi connectivity index (χ2v) is 7.79. The Bertz CT molecular complexity index is 908. The molecule has 0 unspecified atom stereocenters. The third-order valence-electron chi connectivity index (χ3n) is 3.71. The van der Waals surface area contributed by atoms with Gasteiger partial charge in [0.05, 0.1) is 14.1 Å². The average Bonchev–Trinajstić information content (AvgIpc) is 3.02. The summed E-state index contributed by atoms with van der Waals surface area (Å²) in [5, 5.41) is 12.8. The number of nitrogens with one attached hydrogen (secondary N) is 1. The van der Waals surface area contributed by atoms with Crippen LogP contribution >= 0.6 is 34.7 Å². The number of nitriles is 1. The number of hydrogen-bond acceptors (Lipinski definition) is 6. The molecule has 0 bridgehead atoms. The highest BCUT2D eigenvalue weighted by atomic mass is 35.5. The number of nitrogens with zero attached hydrogens (tertiary/aromatic N) is 2. The maximum absolute atomic E-state index is 12.9. The highest BCUT2D eigenvalue weighted by Crippen LogP contribution is 2.39. The van der Waals surface area contributed by atoms with Crippen LogP contribution in [-0.4, -0.2) is 17.0 Å². The van der Waals surface area contributed by atoms with Crippen LogP contribution in [-0.2, 0) is 6.42 Å². The molecular formula is C18H14ClN3OS2. The van der Waals surface area contributed by atoms with Gasteiger partial charge in [0.2, 0.25) is 5.78 Å². The third-order valence-corrected chi connectivity index (χ3v) is 6.31. The Labute approximate surface area is 159 Å². The largest absolute Gasteiger partial charge is 0.345 e. The van der Waals surface area contributed by atoms with Gasteiger partial charge in [-0.05, 0) is 36.8 Å². The van der Waals surface area contributed by atoms with Gasteiger partial charge in [0.15, 0.2) is 0 Å². The molecule has 25 heavy (non-hydrogen) atoms. The van der Waals surface area contributed by atoms with Gasteiger partial charge in [-0.1, -0.05) is 23.8 Å². The average molecular weight is 388 g/mol. The van der Waals surface area contributed by atoms with Crippen LogP contribution in [0.15, 0.2) is 40.4 Å². The highest BCUT2D eigenvalue weighted by Gasteiger charge is 2.24. The van der Waals surface area contributed by atoms with Gasteiger partial charge in [-0.3, -0.25) is 4.79 Å². The van der Waals surface area contributed by atoms with Crippen LogP contribution in [0.1, 0.15) is 27.2 Å². The smallest absolute Gasteiger partial charge is 0.215 e. The molecule has 3 rings (SSSR count). The number of hydrogen-bond donors (Lipinski definition) is 1. The maximum atomic E-state index is 12.9. The van der Waals surface area contributed by atoms with Crippen molar-refractivity contribution < 1.29 is 4.79 Å². The Balaban J connectivity index is 1.89. The normalized spacial score (nSPS) is 13.2. The second kappa shape index (κ2) is 7.87. The standard InChI is InChI=1S/C18H14ClN3OS2/c1-24-18-14-5-3-2-4-13(14)17(25-18)16(23)11(8-20)9-21-15-7-6-12(19)10-22-15/h3,5-7,9-10H,2,4H2,1H3,(H,21,22)/b11-9-. The number of thiophene rings is 1. The predicted molar refractivity (Wildman–Crippen MR) is 104 cm³/mol. The van der Waals surface area contributed by atoms with E-state index in [1.165, 1.54) is 23.7 Å². The Hall–Kier alpha value is -2.07. The summed E-state index contributed by atoms with van der Waals surface area (Å²) in [6, 6.07) is 5.36. The van der Waals surface area contributed by atoms with Gasteiger partial charge in [0.25, 0.3) is 0 Å². The lowest BCUT2D eigenvalue weighted by atomic mass is 9.97. The summed E-state index contributed by atoms with van der Waals surface area (Å²) in [5.41, 5.74) is 2.23. The first-order valence-corrected chi connectivity index (χ1v) is 9.95.